The molecule has 5 heteroatoms. The Morgan fingerprint density at radius 1 is 1.19 bits per heavy atom. The van der Waals surface area contributed by atoms with E-state index in [4.69, 9.17) is 5.73 Å². The molecule has 2 heterocycles. The molecule has 0 spiro atoms. The lowest BCUT2D eigenvalue weighted by Crippen LogP contribution is -2.50. The minimum Gasteiger partial charge on any atom is -0.353 e. The summed E-state index contributed by atoms with van der Waals surface area (Å²) in [6.45, 7) is 3.89. The van der Waals surface area contributed by atoms with Crippen LogP contribution in [0.25, 0.3) is 0 Å². The van der Waals surface area contributed by atoms with E-state index in [1.54, 1.807) is 0 Å². The van der Waals surface area contributed by atoms with Gasteiger partial charge in [-0.25, -0.2) is 4.98 Å². The number of carbonyl (C=O) groups excluding carboxylic acids is 1. The summed E-state index contributed by atoms with van der Waals surface area (Å²) in [4.78, 5) is 21.2. The zero-order valence-electron chi connectivity index (χ0n) is 12.5. The number of pyridine rings is 1. The van der Waals surface area contributed by atoms with Crippen LogP contribution >= 0.6 is 0 Å². The first kappa shape index (κ1) is 14.3. The molecule has 2 aliphatic rings. The highest BCUT2D eigenvalue weighted by molar-refractivity contribution is 5.79. The summed E-state index contributed by atoms with van der Waals surface area (Å²) < 4.78 is 0. The Bertz CT molecular complexity index is 474. The molecule has 0 bridgehead atoms. The number of piperazine rings is 1. The summed E-state index contributed by atoms with van der Waals surface area (Å²) in [6.07, 6.45) is 6.44. The van der Waals surface area contributed by atoms with Gasteiger partial charge < -0.3 is 15.5 Å². The highest BCUT2D eigenvalue weighted by Crippen LogP contribution is 2.27. The topological polar surface area (TPSA) is 62.5 Å². The minimum atomic E-state index is 0.290. The minimum absolute atomic E-state index is 0.290. The van der Waals surface area contributed by atoms with Crippen LogP contribution in [0.1, 0.15) is 31.2 Å². The summed E-state index contributed by atoms with van der Waals surface area (Å²) in [6, 6.07) is 4.05. The smallest absolute Gasteiger partial charge is 0.225 e. The molecule has 5 nitrogen and oxygen atoms in total. The predicted octanol–water partition coefficient (Wildman–Crippen LogP) is 1.38. The molecule has 1 aromatic rings. The van der Waals surface area contributed by atoms with Gasteiger partial charge in [-0.3, -0.25) is 4.79 Å². The number of nitrogens with two attached hydrogens (primary N) is 1. The molecule has 0 unspecified atom stereocenters. The number of rotatable bonds is 3. The predicted molar refractivity (Wildman–Crippen MR) is 82.9 cm³/mol. The first-order valence-electron chi connectivity index (χ1n) is 7.96. The molecular formula is C16H24N4O. The second-order valence-electron chi connectivity index (χ2n) is 6.02. The van der Waals surface area contributed by atoms with Crippen molar-refractivity contribution < 1.29 is 4.79 Å². The van der Waals surface area contributed by atoms with Gasteiger partial charge in [0.05, 0.1) is 0 Å². The van der Waals surface area contributed by atoms with Crippen molar-refractivity contribution >= 4 is 11.7 Å². The fourth-order valence-corrected chi connectivity index (χ4v) is 3.31. The van der Waals surface area contributed by atoms with Gasteiger partial charge in [-0.2, -0.15) is 0 Å². The third kappa shape index (κ3) is 3.18. The van der Waals surface area contributed by atoms with E-state index in [0.717, 1.165) is 50.4 Å². The van der Waals surface area contributed by atoms with Crippen molar-refractivity contribution in [3.8, 4) is 0 Å². The van der Waals surface area contributed by atoms with Crippen molar-refractivity contribution in [2.24, 2.45) is 11.7 Å². The van der Waals surface area contributed by atoms with Crippen LogP contribution in [0.15, 0.2) is 18.3 Å². The Balaban J connectivity index is 1.55. The molecule has 114 valence electrons. The van der Waals surface area contributed by atoms with Gasteiger partial charge in [0.25, 0.3) is 0 Å². The van der Waals surface area contributed by atoms with Gasteiger partial charge in [0.1, 0.15) is 5.82 Å². The van der Waals surface area contributed by atoms with Crippen molar-refractivity contribution in [1.82, 2.24) is 9.88 Å². The Morgan fingerprint density at radius 3 is 2.48 bits per heavy atom. The lowest BCUT2D eigenvalue weighted by Gasteiger charge is -2.36. The zero-order valence-corrected chi connectivity index (χ0v) is 12.5. The monoisotopic (exact) mass is 288 g/mol. The SMILES string of the molecule is NCc1ccc(N2CCN(C(=O)C3CCCC3)CC2)nc1. The molecule has 1 aromatic heterocycles. The van der Waals surface area contributed by atoms with Crippen LogP contribution in [0.2, 0.25) is 0 Å². The van der Waals surface area contributed by atoms with Gasteiger partial charge in [-0.1, -0.05) is 18.9 Å². The second kappa shape index (κ2) is 6.43. The molecule has 1 saturated carbocycles. The maximum Gasteiger partial charge on any atom is 0.225 e. The van der Waals surface area contributed by atoms with Gasteiger partial charge in [0.2, 0.25) is 5.91 Å². The lowest BCUT2D eigenvalue weighted by molar-refractivity contribution is -0.135. The molecule has 3 rings (SSSR count). The van der Waals surface area contributed by atoms with E-state index in [1.807, 2.05) is 23.2 Å². The van der Waals surface area contributed by atoms with E-state index in [0.29, 0.717) is 18.4 Å². The van der Waals surface area contributed by atoms with Crippen LogP contribution in [0.5, 0.6) is 0 Å². The number of amides is 1. The maximum atomic E-state index is 12.4. The third-order valence-electron chi connectivity index (χ3n) is 4.66. The van der Waals surface area contributed by atoms with E-state index < -0.39 is 0 Å². The Hall–Kier alpha value is -1.62. The van der Waals surface area contributed by atoms with E-state index >= 15 is 0 Å². The Labute approximate surface area is 126 Å². The number of hydrogen-bond donors (Lipinski definition) is 1. The molecule has 2 fully saturated rings. The summed E-state index contributed by atoms with van der Waals surface area (Å²) >= 11 is 0. The molecular weight excluding hydrogens is 264 g/mol. The Kier molecular flexibility index (Phi) is 4.39. The standard InChI is InChI=1S/C16H24N4O/c17-11-13-5-6-15(18-12-13)19-7-9-20(10-8-19)16(21)14-3-1-2-4-14/h5-6,12,14H,1-4,7-11,17H2. The van der Waals surface area contributed by atoms with Crippen LogP contribution in [0.4, 0.5) is 5.82 Å². The quantitative estimate of drug-likeness (QED) is 0.912. The van der Waals surface area contributed by atoms with Crippen LogP contribution < -0.4 is 10.6 Å². The van der Waals surface area contributed by atoms with Crippen LogP contribution in [-0.2, 0) is 11.3 Å². The average molecular weight is 288 g/mol. The molecule has 0 atom stereocenters. The molecule has 21 heavy (non-hydrogen) atoms. The van der Waals surface area contributed by atoms with Crippen molar-refractivity contribution in [3.63, 3.8) is 0 Å². The van der Waals surface area contributed by atoms with Gasteiger partial charge in [-0.15, -0.1) is 0 Å². The van der Waals surface area contributed by atoms with Gasteiger partial charge >= 0.3 is 0 Å². The van der Waals surface area contributed by atoms with Gasteiger partial charge in [-0.05, 0) is 24.5 Å². The maximum absolute atomic E-state index is 12.4. The normalized spacial score (nSPS) is 20.0. The van der Waals surface area contributed by atoms with Gasteiger partial charge in [0.15, 0.2) is 0 Å². The van der Waals surface area contributed by atoms with Crippen LogP contribution in [0.3, 0.4) is 0 Å². The lowest BCUT2D eigenvalue weighted by atomic mass is 10.1. The largest absolute Gasteiger partial charge is 0.353 e. The zero-order chi connectivity index (χ0) is 14.7. The first-order chi connectivity index (χ1) is 10.3. The van der Waals surface area contributed by atoms with Crippen molar-refractivity contribution in [3.05, 3.63) is 23.9 Å². The van der Waals surface area contributed by atoms with Crippen LogP contribution in [0, 0.1) is 5.92 Å². The summed E-state index contributed by atoms with van der Waals surface area (Å²) in [7, 11) is 0. The number of carbonyl (C=O) groups is 1. The number of hydrogen-bond acceptors (Lipinski definition) is 4. The molecule has 2 N–H and O–H groups in total. The summed E-state index contributed by atoms with van der Waals surface area (Å²) in [5, 5.41) is 0. The van der Waals surface area contributed by atoms with E-state index in [9.17, 15) is 4.79 Å². The molecule has 0 aromatic carbocycles. The van der Waals surface area contributed by atoms with E-state index in [-0.39, 0.29) is 0 Å². The van der Waals surface area contributed by atoms with E-state index in [1.165, 1.54) is 12.8 Å². The van der Waals surface area contributed by atoms with Crippen LogP contribution in [-0.4, -0.2) is 42.0 Å². The summed E-state index contributed by atoms with van der Waals surface area (Å²) in [5.41, 5.74) is 6.64. The number of nitrogens with zero attached hydrogens (tertiary/aromatic N) is 3. The molecule has 1 saturated heterocycles. The number of anilines is 1. The average Bonchev–Trinajstić information content (AvgIpc) is 3.09. The first-order valence-corrected chi connectivity index (χ1v) is 7.96. The van der Waals surface area contributed by atoms with Crippen molar-refractivity contribution in [1.29, 1.82) is 0 Å². The second-order valence-corrected chi connectivity index (χ2v) is 6.02. The number of aromatic nitrogens is 1. The highest BCUT2D eigenvalue weighted by atomic mass is 16.2. The van der Waals surface area contributed by atoms with Gasteiger partial charge in [0, 0.05) is 44.8 Å². The summed E-state index contributed by atoms with van der Waals surface area (Å²) in [5.74, 6) is 1.65. The Morgan fingerprint density at radius 2 is 1.90 bits per heavy atom. The van der Waals surface area contributed by atoms with Crippen molar-refractivity contribution in [2.45, 2.75) is 32.2 Å². The molecule has 1 amide bonds. The molecule has 1 aliphatic heterocycles. The fraction of sp³-hybridized carbons (Fsp3) is 0.625. The molecule has 1 aliphatic carbocycles. The fourth-order valence-electron chi connectivity index (χ4n) is 3.31. The third-order valence-corrected chi connectivity index (χ3v) is 4.66. The molecule has 0 radical (unpaired) electrons. The van der Waals surface area contributed by atoms with Crippen molar-refractivity contribution in [2.75, 3.05) is 31.1 Å². The van der Waals surface area contributed by atoms with E-state index in [2.05, 4.69) is 9.88 Å². The highest BCUT2D eigenvalue weighted by Gasteiger charge is 2.29.